The average Bonchev–Trinajstić information content (AvgIpc) is 3.21. The normalized spacial score (nSPS) is 21.3. The number of nitrogens with two attached hydrogens (primary N) is 1. The molecule has 0 atom stereocenters. The minimum absolute atomic E-state index is 0.0481. The molecular formula is C15H24N4OS. The van der Waals surface area contributed by atoms with Crippen molar-refractivity contribution in [3.8, 4) is 0 Å². The third kappa shape index (κ3) is 3.15. The number of carbonyl (C=O) groups excluding carboxylic acids is 1. The van der Waals surface area contributed by atoms with Gasteiger partial charge in [0.1, 0.15) is 10.7 Å². The van der Waals surface area contributed by atoms with Crippen LogP contribution >= 0.6 is 11.3 Å². The van der Waals surface area contributed by atoms with E-state index in [1.54, 1.807) is 0 Å². The third-order valence-electron chi connectivity index (χ3n) is 4.86. The van der Waals surface area contributed by atoms with Crippen molar-refractivity contribution in [2.45, 2.75) is 52.0 Å². The summed E-state index contributed by atoms with van der Waals surface area (Å²) in [5, 5.41) is 4.10. The highest BCUT2D eigenvalue weighted by atomic mass is 32.1. The minimum Gasteiger partial charge on any atom is -0.382 e. The highest BCUT2D eigenvalue weighted by molar-refractivity contribution is 7.18. The number of hydrogen-bond acceptors (Lipinski definition) is 5. The smallest absolute Gasteiger partial charge is 0.267 e. The number of thiazole rings is 1. The zero-order valence-corrected chi connectivity index (χ0v) is 13.6. The van der Waals surface area contributed by atoms with Crippen molar-refractivity contribution in [3.63, 3.8) is 0 Å². The average molecular weight is 308 g/mol. The minimum atomic E-state index is 0.0481. The highest BCUT2D eigenvalue weighted by Crippen LogP contribution is 2.36. The van der Waals surface area contributed by atoms with Crippen LogP contribution in [0.2, 0.25) is 0 Å². The first-order valence-electron chi connectivity index (χ1n) is 7.83. The molecule has 0 bridgehead atoms. The summed E-state index contributed by atoms with van der Waals surface area (Å²) in [5.74, 6) is 0.420. The molecule has 2 fully saturated rings. The molecule has 1 aromatic heterocycles. The first kappa shape index (κ1) is 14.6. The highest BCUT2D eigenvalue weighted by Gasteiger charge is 2.32. The van der Waals surface area contributed by atoms with E-state index in [1.807, 2.05) is 4.90 Å². The molecule has 3 rings (SSSR count). The Morgan fingerprint density at radius 3 is 2.71 bits per heavy atom. The van der Waals surface area contributed by atoms with Crippen molar-refractivity contribution < 1.29 is 4.79 Å². The summed E-state index contributed by atoms with van der Waals surface area (Å²) in [6.45, 7) is 6.19. The Bertz CT molecular complexity index is 530. The number of piperidine rings is 1. The molecule has 2 aliphatic rings. The van der Waals surface area contributed by atoms with Gasteiger partial charge in [-0.1, -0.05) is 31.6 Å². The van der Waals surface area contributed by atoms with Crippen LogP contribution in [-0.4, -0.2) is 34.9 Å². The van der Waals surface area contributed by atoms with Gasteiger partial charge in [-0.15, -0.1) is 0 Å². The molecule has 116 valence electrons. The number of aromatic nitrogens is 1. The van der Waals surface area contributed by atoms with Gasteiger partial charge in [-0.3, -0.25) is 4.79 Å². The van der Waals surface area contributed by atoms with Crippen molar-refractivity contribution >= 4 is 28.2 Å². The van der Waals surface area contributed by atoms with Gasteiger partial charge >= 0.3 is 0 Å². The Morgan fingerprint density at radius 2 is 2.14 bits per heavy atom. The van der Waals surface area contributed by atoms with Gasteiger partial charge in [-0.05, 0) is 31.1 Å². The maximum Gasteiger partial charge on any atom is 0.267 e. The van der Waals surface area contributed by atoms with Gasteiger partial charge in [0.2, 0.25) is 0 Å². The van der Waals surface area contributed by atoms with Crippen LogP contribution in [0.5, 0.6) is 0 Å². The number of anilines is 2. The summed E-state index contributed by atoms with van der Waals surface area (Å²) in [4.78, 5) is 19.4. The molecule has 1 saturated heterocycles. The van der Waals surface area contributed by atoms with E-state index >= 15 is 0 Å². The van der Waals surface area contributed by atoms with Crippen LogP contribution in [0, 0.1) is 5.41 Å². The number of nitrogens with zero attached hydrogens (tertiary/aromatic N) is 2. The fourth-order valence-corrected chi connectivity index (χ4v) is 3.63. The van der Waals surface area contributed by atoms with E-state index in [2.05, 4.69) is 24.1 Å². The summed E-state index contributed by atoms with van der Waals surface area (Å²) in [7, 11) is 0. The third-order valence-corrected chi connectivity index (χ3v) is 5.85. The van der Waals surface area contributed by atoms with Gasteiger partial charge in [0, 0.05) is 19.1 Å². The van der Waals surface area contributed by atoms with Gasteiger partial charge in [0.25, 0.3) is 5.91 Å². The number of likely N-dealkylation sites (tertiary alicyclic amines) is 1. The Labute approximate surface area is 129 Å². The second-order valence-corrected chi connectivity index (χ2v) is 7.61. The van der Waals surface area contributed by atoms with Gasteiger partial charge in [0.15, 0.2) is 5.13 Å². The molecule has 2 heterocycles. The first-order valence-corrected chi connectivity index (χ1v) is 8.64. The second-order valence-electron chi connectivity index (χ2n) is 6.61. The maximum absolute atomic E-state index is 12.6. The largest absolute Gasteiger partial charge is 0.382 e. The predicted molar refractivity (Wildman–Crippen MR) is 86.7 cm³/mol. The summed E-state index contributed by atoms with van der Waals surface area (Å²) >= 11 is 1.40. The first-order chi connectivity index (χ1) is 10.0. The number of rotatable bonds is 4. The molecule has 1 aliphatic heterocycles. The standard InChI is InChI=1S/C15H24N4OS/c1-3-15(2)6-8-19(9-7-15)13(20)11-12(16)18-14(21-11)17-10-4-5-10/h10H,3-9,16H2,1-2H3,(H,17,18). The fraction of sp³-hybridized carbons (Fsp3) is 0.733. The fourth-order valence-electron chi connectivity index (χ4n) is 2.70. The monoisotopic (exact) mass is 308 g/mol. The molecule has 0 aromatic carbocycles. The molecule has 1 saturated carbocycles. The van der Waals surface area contributed by atoms with E-state index in [9.17, 15) is 4.79 Å². The van der Waals surface area contributed by atoms with E-state index in [4.69, 9.17) is 5.73 Å². The molecule has 1 amide bonds. The summed E-state index contributed by atoms with van der Waals surface area (Å²) in [6, 6.07) is 0.527. The number of nitrogens with one attached hydrogen (secondary N) is 1. The van der Waals surface area contributed by atoms with Gasteiger partial charge < -0.3 is 16.0 Å². The number of amides is 1. The molecule has 0 radical (unpaired) electrons. The molecule has 0 spiro atoms. The Balaban J connectivity index is 1.66. The molecule has 3 N–H and O–H groups in total. The van der Waals surface area contributed by atoms with E-state index in [-0.39, 0.29) is 5.91 Å². The van der Waals surface area contributed by atoms with Gasteiger partial charge in [0.05, 0.1) is 0 Å². The predicted octanol–water partition coefficient (Wildman–Crippen LogP) is 2.95. The lowest BCUT2D eigenvalue weighted by molar-refractivity contribution is 0.0606. The van der Waals surface area contributed by atoms with Crippen molar-refractivity contribution in [2.75, 3.05) is 24.1 Å². The number of nitrogen functional groups attached to an aromatic ring is 1. The zero-order valence-electron chi connectivity index (χ0n) is 12.8. The van der Waals surface area contributed by atoms with Gasteiger partial charge in [-0.25, -0.2) is 4.98 Å². The van der Waals surface area contributed by atoms with Gasteiger partial charge in [-0.2, -0.15) is 0 Å². The van der Waals surface area contributed by atoms with Crippen molar-refractivity contribution in [1.29, 1.82) is 0 Å². The van der Waals surface area contributed by atoms with E-state index in [1.165, 1.54) is 30.6 Å². The van der Waals surface area contributed by atoms with Crippen molar-refractivity contribution in [3.05, 3.63) is 4.88 Å². The summed E-state index contributed by atoms with van der Waals surface area (Å²) < 4.78 is 0. The van der Waals surface area contributed by atoms with E-state index in [0.29, 0.717) is 22.2 Å². The Morgan fingerprint density at radius 1 is 1.48 bits per heavy atom. The maximum atomic E-state index is 12.6. The molecule has 1 aliphatic carbocycles. The topological polar surface area (TPSA) is 71.2 Å². The van der Waals surface area contributed by atoms with Crippen LogP contribution in [0.1, 0.15) is 55.6 Å². The Hall–Kier alpha value is -1.30. The summed E-state index contributed by atoms with van der Waals surface area (Å²) in [6.07, 6.45) is 5.68. The molecule has 0 unspecified atom stereocenters. The van der Waals surface area contributed by atoms with Crippen LogP contribution < -0.4 is 11.1 Å². The van der Waals surface area contributed by atoms with E-state index < -0.39 is 0 Å². The van der Waals surface area contributed by atoms with Crippen LogP contribution in [0.3, 0.4) is 0 Å². The second kappa shape index (κ2) is 5.48. The van der Waals surface area contributed by atoms with Crippen LogP contribution in [-0.2, 0) is 0 Å². The molecule has 21 heavy (non-hydrogen) atoms. The lowest BCUT2D eigenvalue weighted by atomic mass is 9.78. The SMILES string of the molecule is CCC1(C)CCN(C(=O)c2sc(NC3CC3)nc2N)CC1. The summed E-state index contributed by atoms with van der Waals surface area (Å²) in [5.41, 5.74) is 6.32. The van der Waals surface area contributed by atoms with Crippen molar-refractivity contribution in [2.24, 2.45) is 5.41 Å². The van der Waals surface area contributed by atoms with Crippen LogP contribution in [0.15, 0.2) is 0 Å². The zero-order chi connectivity index (χ0) is 15.0. The van der Waals surface area contributed by atoms with Crippen LogP contribution in [0.25, 0.3) is 0 Å². The van der Waals surface area contributed by atoms with Crippen LogP contribution in [0.4, 0.5) is 10.9 Å². The van der Waals surface area contributed by atoms with E-state index in [0.717, 1.165) is 31.1 Å². The Kier molecular flexibility index (Phi) is 3.82. The number of carbonyl (C=O) groups is 1. The lowest BCUT2D eigenvalue weighted by Gasteiger charge is -2.38. The quantitative estimate of drug-likeness (QED) is 0.897. The molecule has 5 nitrogen and oxygen atoms in total. The molecule has 6 heteroatoms. The molecular weight excluding hydrogens is 284 g/mol. The van der Waals surface area contributed by atoms with Crippen molar-refractivity contribution in [1.82, 2.24) is 9.88 Å². The number of hydrogen-bond donors (Lipinski definition) is 2. The molecule has 1 aromatic rings. The lowest BCUT2D eigenvalue weighted by Crippen LogP contribution is -2.41.